The molecule has 52 heavy (non-hydrogen) atoms. The fraction of sp³-hybridized carbons (Fsp3) is 0.276. The highest BCUT2D eigenvalue weighted by Crippen LogP contribution is 2.35. The first-order chi connectivity index (χ1) is 24.8. The van der Waals surface area contributed by atoms with Gasteiger partial charge >= 0.3 is 17.8 Å². The van der Waals surface area contributed by atoms with E-state index in [4.69, 9.17) is 30.5 Å². The van der Waals surface area contributed by atoms with Crippen LogP contribution in [0.1, 0.15) is 12.5 Å². The van der Waals surface area contributed by atoms with Crippen LogP contribution in [0.5, 0.6) is 11.5 Å². The molecule has 0 atom stereocenters. The number of ether oxygens (including phenoxy) is 4. The van der Waals surface area contributed by atoms with Crippen molar-refractivity contribution < 1.29 is 46.7 Å². The summed E-state index contributed by atoms with van der Waals surface area (Å²) in [5, 5.41) is 21.2. The van der Waals surface area contributed by atoms with Crippen LogP contribution in [0.2, 0.25) is 5.02 Å². The van der Waals surface area contributed by atoms with Gasteiger partial charge in [-0.3, -0.25) is 29.6 Å². The lowest BCUT2D eigenvalue weighted by molar-refractivity contribution is -0.384. The first-order valence-electron chi connectivity index (χ1n) is 14.9. The zero-order valence-electron chi connectivity index (χ0n) is 26.8. The second-order valence-corrected chi connectivity index (χ2v) is 13.8. The molecule has 0 spiro atoms. The summed E-state index contributed by atoms with van der Waals surface area (Å²) < 4.78 is 49.2. The van der Waals surface area contributed by atoms with Crippen LogP contribution in [0, 0.1) is 10.1 Å². The van der Waals surface area contributed by atoms with Gasteiger partial charge < -0.3 is 23.8 Å². The quantitative estimate of drug-likeness (QED) is 0.0996. The largest absolute Gasteiger partial charge is 0.465 e. The number of nitrogens with zero attached hydrogens (tertiary/aromatic N) is 6. The van der Waals surface area contributed by atoms with Crippen molar-refractivity contribution in [1.29, 1.82) is 0 Å². The second kappa shape index (κ2) is 16.5. The van der Waals surface area contributed by atoms with Gasteiger partial charge in [-0.25, -0.2) is 22.7 Å². The van der Waals surface area contributed by atoms with E-state index in [-0.39, 0.29) is 48.0 Å². The molecular formula is C29H27ClN8O12S2. The lowest BCUT2D eigenvalue weighted by Gasteiger charge is -2.22. The number of nitro benzene ring substituents is 1. The van der Waals surface area contributed by atoms with Crippen molar-refractivity contribution in [1.82, 2.24) is 29.4 Å². The zero-order chi connectivity index (χ0) is 37.4. The number of sulfonamides is 1. The van der Waals surface area contributed by atoms with Gasteiger partial charge in [-0.1, -0.05) is 29.0 Å². The Kier molecular flexibility index (Phi) is 11.9. The number of benzene rings is 2. The maximum atomic E-state index is 13.2. The standard InChI is InChI=1S/C29H27ClN8O12S2/c1-2-47-25(40)14-36(10-8-31-52(45,46)29-35-34-26(51-29)19-5-4-18(30)12-20(19)38(43)44)24(39)13-37-9-7-23(32-27(37)41)33-28(42)48-15-17-3-6-21-22(11-17)50-16-49-21/h3-7,9,11-12,31H,2,8,10,13-16H2,1H3,(H,32,33,41,42). The van der Waals surface area contributed by atoms with Crippen LogP contribution in [0.4, 0.5) is 16.3 Å². The Morgan fingerprint density at radius 2 is 1.90 bits per heavy atom. The summed E-state index contributed by atoms with van der Waals surface area (Å²) in [6.45, 7) is -0.392. The van der Waals surface area contributed by atoms with Gasteiger partial charge in [0.15, 0.2) is 16.5 Å². The predicted octanol–water partition coefficient (Wildman–Crippen LogP) is 2.17. The summed E-state index contributed by atoms with van der Waals surface area (Å²) >= 11 is 6.41. The highest BCUT2D eigenvalue weighted by molar-refractivity contribution is 7.91. The van der Waals surface area contributed by atoms with Gasteiger partial charge in [0.1, 0.15) is 25.5 Å². The Balaban J connectivity index is 1.18. The van der Waals surface area contributed by atoms with Crippen LogP contribution in [0.25, 0.3) is 10.6 Å². The number of aromatic nitrogens is 4. The van der Waals surface area contributed by atoms with E-state index >= 15 is 0 Å². The molecule has 0 saturated heterocycles. The SMILES string of the molecule is CCOC(=O)CN(CCNS(=O)(=O)c1nnc(-c2ccc(Cl)cc2[N+](=O)[O-])s1)C(=O)Cn1ccc(NC(=O)OCc2ccc3c(c2)OCO3)nc1=O. The van der Waals surface area contributed by atoms with Crippen LogP contribution in [0.15, 0.2) is 57.8 Å². The van der Waals surface area contributed by atoms with Crippen molar-refractivity contribution >= 4 is 62.4 Å². The number of halogens is 1. The monoisotopic (exact) mass is 778 g/mol. The molecule has 0 saturated carbocycles. The molecule has 2 amide bonds. The first kappa shape index (κ1) is 37.5. The topological polar surface area (TPSA) is 253 Å². The minimum Gasteiger partial charge on any atom is -0.465 e. The van der Waals surface area contributed by atoms with E-state index in [1.165, 1.54) is 24.4 Å². The number of anilines is 1. The van der Waals surface area contributed by atoms with Crippen molar-refractivity contribution in [3.05, 3.63) is 79.8 Å². The number of fused-ring (bicyclic) bond motifs is 1. The average Bonchev–Trinajstić information content (AvgIpc) is 3.79. The van der Waals surface area contributed by atoms with E-state index < -0.39 is 68.3 Å². The molecule has 1 aliphatic heterocycles. The Morgan fingerprint density at radius 3 is 2.65 bits per heavy atom. The number of carbonyl (C=O) groups is 3. The lowest BCUT2D eigenvalue weighted by Crippen LogP contribution is -2.44. The number of nitrogens with one attached hydrogen (secondary N) is 2. The number of carbonyl (C=O) groups excluding carboxylic acids is 3. The second-order valence-electron chi connectivity index (χ2n) is 10.4. The van der Waals surface area contributed by atoms with Crippen molar-refractivity contribution in [3.8, 4) is 22.1 Å². The smallest absolute Gasteiger partial charge is 0.413 e. The highest BCUT2D eigenvalue weighted by atomic mass is 35.5. The average molecular weight is 779 g/mol. The Labute approximate surface area is 302 Å². The minimum absolute atomic E-state index is 0.00523. The van der Waals surface area contributed by atoms with Crippen molar-refractivity contribution in [3.63, 3.8) is 0 Å². The van der Waals surface area contributed by atoms with Crippen LogP contribution in [-0.4, -0.2) is 89.0 Å². The molecule has 2 N–H and O–H groups in total. The van der Waals surface area contributed by atoms with Crippen LogP contribution in [0.3, 0.4) is 0 Å². The molecule has 0 radical (unpaired) electrons. The van der Waals surface area contributed by atoms with Gasteiger partial charge in [0, 0.05) is 30.4 Å². The summed E-state index contributed by atoms with van der Waals surface area (Å²) in [7, 11) is -4.33. The van der Waals surface area contributed by atoms with E-state index in [1.807, 2.05) is 0 Å². The van der Waals surface area contributed by atoms with Crippen molar-refractivity contribution in [2.75, 3.05) is 38.4 Å². The maximum Gasteiger partial charge on any atom is 0.413 e. The number of nitro groups is 1. The van der Waals surface area contributed by atoms with Crippen LogP contribution < -0.4 is 25.2 Å². The molecule has 2 aromatic carbocycles. The number of amides is 2. The fourth-order valence-corrected chi connectivity index (χ4v) is 6.74. The molecule has 23 heteroatoms. The Hall–Kier alpha value is -5.71. The molecule has 20 nitrogen and oxygen atoms in total. The van der Waals surface area contributed by atoms with Gasteiger partial charge in [0.25, 0.3) is 15.7 Å². The van der Waals surface area contributed by atoms with E-state index in [0.29, 0.717) is 28.4 Å². The summed E-state index contributed by atoms with van der Waals surface area (Å²) in [4.78, 5) is 65.9. The van der Waals surface area contributed by atoms with Gasteiger partial charge in [0.2, 0.25) is 17.0 Å². The van der Waals surface area contributed by atoms with Crippen molar-refractivity contribution in [2.24, 2.45) is 0 Å². The molecule has 1 aliphatic rings. The fourth-order valence-electron chi connectivity index (χ4n) is 4.48. The van der Waals surface area contributed by atoms with Gasteiger partial charge in [-0.15, -0.1) is 10.2 Å². The minimum atomic E-state index is -4.33. The third-order valence-corrected chi connectivity index (χ3v) is 9.91. The lowest BCUT2D eigenvalue weighted by atomic mass is 10.2. The van der Waals surface area contributed by atoms with Crippen LogP contribution in [-0.2, 0) is 42.2 Å². The molecule has 0 unspecified atom stereocenters. The third-order valence-electron chi connectivity index (χ3n) is 6.89. The number of hydrogen-bond acceptors (Lipinski definition) is 16. The predicted molar refractivity (Wildman–Crippen MR) is 180 cm³/mol. The molecule has 4 aromatic rings. The highest BCUT2D eigenvalue weighted by Gasteiger charge is 2.26. The Bertz CT molecular complexity index is 2180. The van der Waals surface area contributed by atoms with Gasteiger partial charge in [-0.05, 0) is 42.8 Å². The molecule has 0 bridgehead atoms. The first-order valence-corrected chi connectivity index (χ1v) is 17.6. The molecule has 3 heterocycles. The number of hydrogen-bond donors (Lipinski definition) is 2. The maximum absolute atomic E-state index is 13.2. The zero-order valence-corrected chi connectivity index (χ0v) is 29.2. The van der Waals surface area contributed by atoms with E-state index in [2.05, 4.69) is 25.2 Å². The molecule has 0 aliphatic carbocycles. The van der Waals surface area contributed by atoms with Gasteiger partial charge in [-0.2, -0.15) is 4.98 Å². The normalized spacial score (nSPS) is 11.9. The number of rotatable bonds is 15. The number of esters is 1. The summed E-state index contributed by atoms with van der Waals surface area (Å²) in [5.41, 5.74) is -0.694. The molecule has 5 rings (SSSR count). The van der Waals surface area contributed by atoms with E-state index in [0.717, 1.165) is 15.5 Å². The summed E-state index contributed by atoms with van der Waals surface area (Å²) in [6.07, 6.45) is 0.279. The third kappa shape index (κ3) is 9.54. The Morgan fingerprint density at radius 1 is 1.12 bits per heavy atom. The molecule has 274 valence electrons. The summed E-state index contributed by atoms with van der Waals surface area (Å²) in [5.74, 6) is -0.642. The molecular weight excluding hydrogens is 752 g/mol. The van der Waals surface area contributed by atoms with Crippen molar-refractivity contribution in [2.45, 2.75) is 24.4 Å². The molecule has 2 aromatic heterocycles. The van der Waals surface area contributed by atoms with E-state index in [1.54, 1.807) is 25.1 Å². The van der Waals surface area contributed by atoms with E-state index in [9.17, 15) is 37.7 Å². The molecule has 0 fully saturated rings. The van der Waals surface area contributed by atoms with Crippen LogP contribution >= 0.6 is 22.9 Å². The van der Waals surface area contributed by atoms with Gasteiger partial charge in [0.05, 0.1) is 17.1 Å². The summed E-state index contributed by atoms with van der Waals surface area (Å²) in [6, 6.07) is 10.0.